The van der Waals surface area contributed by atoms with Crippen molar-refractivity contribution in [3.8, 4) is 39.1 Å². The Kier molecular flexibility index (Phi) is 7.71. The first kappa shape index (κ1) is 32.9. The van der Waals surface area contributed by atoms with Crippen LogP contribution in [0, 0.1) is 5.82 Å². The predicted molar refractivity (Wildman–Crippen MR) is 234 cm³/mol. The molecule has 0 aliphatic carbocycles. The number of nitrogens with zero attached hydrogens (tertiary/aromatic N) is 3. The molecule has 8 aromatic carbocycles. The van der Waals surface area contributed by atoms with Gasteiger partial charge in [0.05, 0.1) is 27.8 Å². The molecule has 1 unspecified atom stereocenters. The molecule has 10 aromatic rings. The molecule has 1 atom stereocenters. The topological polar surface area (TPSA) is 34.2 Å². The first-order valence-electron chi connectivity index (χ1n) is 19.3. The van der Waals surface area contributed by atoms with E-state index in [4.69, 9.17) is 4.99 Å². The number of allylic oxidation sites excluding steroid dienone is 1. The van der Waals surface area contributed by atoms with Gasteiger partial charge in [-0.2, -0.15) is 0 Å². The molecule has 5 heteroatoms. The van der Waals surface area contributed by atoms with Gasteiger partial charge in [-0.15, -0.1) is 0 Å². The van der Waals surface area contributed by atoms with Crippen LogP contribution in [-0.2, 0) is 0 Å². The van der Waals surface area contributed by atoms with Crippen LogP contribution in [-0.4, -0.2) is 14.8 Å². The number of benzene rings is 8. The van der Waals surface area contributed by atoms with Crippen molar-refractivity contribution >= 4 is 49.3 Å². The molecule has 0 amide bonds. The Labute approximate surface area is 329 Å². The molecule has 3 heterocycles. The highest BCUT2D eigenvalue weighted by Crippen LogP contribution is 2.38. The number of halogens is 1. The predicted octanol–water partition coefficient (Wildman–Crippen LogP) is 13.1. The second-order valence-electron chi connectivity index (χ2n) is 14.6. The molecule has 11 rings (SSSR count). The Morgan fingerprint density at radius 3 is 1.67 bits per heavy atom. The summed E-state index contributed by atoms with van der Waals surface area (Å²) in [5, 5.41) is 8.23. The summed E-state index contributed by atoms with van der Waals surface area (Å²) in [6, 6.07) is 64.9. The average Bonchev–Trinajstić information content (AvgIpc) is 3.79. The van der Waals surface area contributed by atoms with E-state index in [9.17, 15) is 0 Å². The summed E-state index contributed by atoms with van der Waals surface area (Å²) in [5.74, 6) is -0.298. The van der Waals surface area contributed by atoms with E-state index in [0.29, 0.717) is 5.71 Å². The van der Waals surface area contributed by atoms with E-state index < -0.39 is 6.29 Å². The molecular weight excluding hydrogens is 700 g/mol. The van der Waals surface area contributed by atoms with E-state index in [1.165, 1.54) is 21.8 Å². The highest BCUT2D eigenvalue weighted by molar-refractivity contribution is 6.13. The maximum atomic E-state index is 15.3. The van der Waals surface area contributed by atoms with Gasteiger partial charge in [-0.05, 0) is 106 Å². The van der Waals surface area contributed by atoms with Gasteiger partial charge in [0.1, 0.15) is 5.82 Å². The summed E-state index contributed by atoms with van der Waals surface area (Å²) in [7, 11) is 0. The number of aliphatic imine (C=N–C) groups is 1. The number of hydrogen-bond donors (Lipinski definition) is 1. The summed E-state index contributed by atoms with van der Waals surface area (Å²) < 4.78 is 19.9. The van der Waals surface area contributed by atoms with Crippen LogP contribution in [0.5, 0.6) is 0 Å². The Bertz CT molecular complexity index is 3210. The average molecular weight is 735 g/mol. The molecule has 2 aromatic heterocycles. The number of fused-ring (bicyclic) bond motifs is 6. The number of nitrogens with one attached hydrogen (secondary N) is 1. The van der Waals surface area contributed by atoms with Crippen molar-refractivity contribution in [2.24, 2.45) is 4.99 Å². The van der Waals surface area contributed by atoms with Crippen LogP contribution in [0.4, 0.5) is 4.39 Å². The van der Waals surface area contributed by atoms with Crippen LogP contribution in [0.1, 0.15) is 11.9 Å². The molecule has 0 fully saturated rings. The molecule has 1 aliphatic rings. The third-order valence-corrected chi connectivity index (χ3v) is 11.2. The van der Waals surface area contributed by atoms with Crippen molar-refractivity contribution in [1.82, 2.24) is 14.5 Å². The minimum absolute atomic E-state index is 0.298. The molecule has 0 saturated heterocycles. The maximum Gasteiger partial charge on any atom is 0.201 e. The van der Waals surface area contributed by atoms with Gasteiger partial charge in [-0.3, -0.25) is 0 Å². The van der Waals surface area contributed by atoms with E-state index in [1.54, 1.807) is 12.1 Å². The number of hydrogen-bond acceptors (Lipinski definition) is 2. The zero-order chi connectivity index (χ0) is 37.9. The Hall–Kier alpha value is -7.50. The first-order chi connectivity index (χ1) is 28.2. The molecule has 270 valence electrons. The Morgan fingerprint density at radius 1 is 0.421 bits per heavy atom. The second-order valence-corrected chi connectivity index (χ2v) is 14.6. The summed E-state index contributed by atoms with van der Waals surface area (Å²) in [4.78, 5) is 5.21. The van der Waals surface area contributed by atoms with Crippen molar-refractivity contribution in [2.75, 3.05) is 0 Å². The lowest BCUT2D eigenvalue weighted by molar-refractivity contribution is 0.498. The standard InChI is InChI=1S/C52H35FN4/c53-41-30-39(36-21-19-35(20-22-36)34-11-3-1-4-12-34)29-40(31-41)47-27-28-54-52(55-47)57-49-18-10-8-16-44(49)46-33-38(24-26-51(46)57)37-23-25-50-45(32-37)43-15-7-9-17-48(43)56(50)42-13-5-2-6-14-42/h1-33,52,54H. The van der Waals surface area contributed by atoms with E-state index >= 15 is 4.39 Å². The largest absolute Gasteiger partial charge is 0.353 e. The van der Waals surface area contributed by atoms with Crippen LogP contribution in [0.25, 0.3) is 82.7 Å². The van der Waals surface area contributed by atoms with Crippen LogP contribution in [0.3, 0.4) is 0 Å². The van der Waals surface area contributed by atoms with Crippen molar-refractivity contribution in [1.29, 1.82) is 0 Å². The zero-order valence-corrected chi connectivity index (χ0v) is 30.8. The van der Waals surface area contributed by atoms with E-state index in [2.05, 4.69) is 166 Å². The third kappa shape index (κ3) is 5.63. The molecule has 57 heavy (non-hydrogen) atoms. The van der Waals surface area contributed by atoms with Crippen LogP contribution >= 0.6 is 0 Å². The molecule has 0 bridgehead atoms. The monoisotopic (exact) mass is 734 g/mol. The van der Waals surface area contributed by atoms with Crippen molar-refractivity contribution in [3.05, 3.63) is 212 Å². The fourth-order valence-corrected chi connectivity index (χ4v) is 8.57. The van der Waals surface area contributed by atoms with Gasteiger partial charge in [-0.1, -0.05) is 121 Å². The number of para-hydroxylation sites is 3. The van der Waals surface area contributed by atoms with Crippen LogP contribution < -0.4 is 5.32 Å². The maximum absolute atomic E-state index is 15.3. The van der Waals surface area contributed by atoms with E-state index in [-0.39, 0.29) is 5.82 Å². The molecule has 1 N–H and O–H groups in total. The van der Waals surface area contributed by atoms with E-state index in [1.807, 2.05) is 36.5 Å². The second kappa shape index (κ2) is 13.4. The van der Waals surface area contributed by atoms with Gasteiger partial charge in [0.15, 0.2) is 0 Å². The van der Waals surface area contributed by atoms with Crippen LogP contribution in [0.2, 0.25) is 0 Å². The van der Waals surface area contributed by atoms with Crippen molar-refractivity contribution in [2.45, 2.75) is 6.29 Å². The van der Waals surface area contributed by atoms with Gasteiger partial charge < -0.3 is 14.5 Å². The first-order valence-corrected chi connectivity index (χ1v) is 19.3. The van der Waals surface area contributed by atoms with Crippen LogP contribution in [0.15, 0.2) is 205 Å². The fraction of sp³-hybridized carbons (Fsp3) is 0.0192. The molecule has 0 spiro atoms. The lowest BCUT2D eigenvalue weighted by Crippen LogP contribution is -2.25. The van der Waals surface area contributed by atoms with Gasteiger partial charge >= 0.3 is 0 Å². The fourth-order valence-electron chi connectivity index (χ4n) is 8.57. The minimum atomic E-state index is -0.435. The van der Waals surface area contributed by atoms with Gasteiger partial charge in [-0.25, -0.2) is 9.38 Å². The molecule has 0 saturated carbocycles. The third-order valence-electron chi connectivity index (χ3n) is 11.2. The summed E-state index contributed by atoms with van der Waals surface area (Å²) in [6.45, 7) is 0. The van der Waals surface area contributed by atoms with Crippen molar-refractivity contribution < 1.29 is 4.39 Å². The summed E-state index contributed by atoms with van der Waals surface area (Å²) >= 11 is 0. The summed E-state index contributed by atoms with van der Waals surface area (Å²) in [6.07, 6.45) is 3.41. The smallest absolute Gasteiger partial charge is 0.201 e. The molecule has 4 nitrogen and oxygen atoms in total. The molecule has 1 aliphatic heterocycles. The SMILES string of the molecule is Fc1cc(C2=NC(n3c4ccccc4c4cc(-c5ccc6c(c5)c5ccccc5n6-c5ccccc5)ccc43)NC=C2)cc(-c2ccc(-c3ccccc3)cc2)c1. The lowest BCUT2D eigenvalue weighted by atomic mass is 9.97. The highest BCUT2D eigenvalue weighted by atomic mass is 19.1. The quantitative estimate of drug-likeness (QED) is 0.181. The number of rotatable bonds is 6. The summed E-state index contributed by atoms with van der Waals surface area (Å²) in [5.41, 5.74) is 13.4. The van der Waals surface area contributed by atoms with E-state index in [0.717, 1.165) is 66.4 Å². The molecule has 0 radical (unpaired) electrons. The zero-order valence-electron chi connectivity index (χ0n) is 30.8. The number of aromatic nitrogens is 2. The Balaban J connectivity index is 0.975. The normalized spacial score (nSPS) is 14.1. The minimum Gasteiger partial charge on any atom is -0.353 e. The van der Waals surface area contributed by atoms with Gasteiger partial charge in [0.2, 0.25) is 6.29 Å². The lowest BCUT2D eigenvalue weighted by Gasteiger charge is -2.22. The van der Waals surface area contributed by atoms with Gasteiger partial charge in [0, 0.05) is 39.0 Å². The van der Waals surface area contributed by atoms with Gasteiger partial charge in [0.25, 0.3) is 0 Å². The highest BCUT2D eigenvalue weighted by Gasteiger charge is 2.21. The Morgan fingerprint density at radius 2 is 0.930 bits per heavy atom. The van der Waals surface area contributed by atoms with Crippen molar-refractivity contribution in [3.63, 3.8) is 0 Å². The molecular formula is C52H35FN4.